The molecule has 0 spiro atoms. The van der Waals surface area contributed by atoms with Crippen molar-refractivity contribution in [2.75, 3.05) is 13.2 Å². The van der Waals surface area contributed by atoms with Crippen molar-refractivity contribution >= 4 is 12.0 Å². The van der Waals surface area contributed by atoms with Crippen LogP contribution in [-0.2, 0) is 28.1 Å². The van der Waals surface area contributed by atoms with Crippen LogP contribution in [0.4, 0.5) is 0 Å². The quantitative estimate of drug-likeness (QED) is 0.241. The summed E-state index contributed by atoms with van der Waals surface area (Å²) in [5, 5.41) is 15.6. The monoisotopic (exact) mass is 607 g/mol. The molecule has 2 aliphatic heterocycles. The fourth-order valence-corrected chi connectivity index (χ4v) is 7.64. The Labute approximate surface area is 270 Å². The molecule has 46 heavy (non-hydrogen) atoms. The molecule has 6 heteroatoms. The topological polar surface area (TPSA) is 56.3 Å². The van der Waals surface area contributed by atoms with E-state index in [-0.39, 0.29) is 24.2 Å². The van der Waals surface area contributed by atoms with Crippen LogP contribution in [0, 0.1) is 0 Å². The minimum Gasteiger partial charge on any atom is -0.488 e. The molecule has 1 fully saturated rings. The number of hydrogen-bond donors (Lipinski definition) is 1. The third-order valence-electron chi connectivity index (χ3n) is 9.95. The molecule has 1 amide bonds. The summed E-state index contributed by atoms with van der Waals surface area (Å²) >= 11 is 0. The van der Waals surface area contributed by atoms with E-state index in [4.69, 9.17) is 4.74 Å². The molecule has 0 aromatic heterocycles. The molecular formula is C40H37N3O3. The number of ether oxygens (including phenoxy) is 1. The number of aliphatic hydroxyl groups is 1. The minimum atomic E-state index is -1.04. The van der Waals surface area contributed by atoms with Gasteiger partial charge in [-0.15, -0.1) is 0 Å². The van der Waals surface area contributed by atoms with E-state index < -0.39 is 11.6 Å². The Bertz CT molecular complexity index is 1880. The Balaban J connectivity index is 1.25. The molecule has 2 heterocycles. The highest BCUT2D eigenvalue weighted by Crippen LogP contribution is 2.57. The third-order valence-corrected chi connectivity index (χ3v) is 9.95. The summed E-state index contributed by atoms with van der Waals surface area (Å²) in [7, 11) is 0. The summed E-state index contributed by atoms with van der Waals surface area (Å²) in [5.41, 5.74) is 8.17. The van der Waals surface area contributed by atoms with Crippen molar-refractivity contribution in [2.24, 2.45) is 0 Å². The van der Waals surface area contributed by atoms with Gasteiger partial charge in [0.05, 0.1) is 6.67 Å². The number of amides is 1. The zero-order valence-corrected chi connectivity index (χ0v) is 25.9. The summed E-state index contributed by atoms with van der Waals surface area (Å²) < 4.78 is 6.37. The average Bonchev–Trinajstić information content (AvgIpc) is 3.59. The second-order valence-electron chi connectivity index (χ2n) is 12.6. The van der Waals surface area contributed by atoms with Gasteiger partial charge in [0.25, 0.3) is 5.91 Å². The first-order chi connectivity index (χ1) is 22.6. The van der Waals surface area contributed by atoms with Crippen LogP contribution >= 0.6 is 0 Å². The molecule has 4 aliphatic rings. The number of fused-ring (bicyclic) bond motifs is 6. The molecule has 1 saturated heterocycles. The van der Waals surface area contributed by atoms with E-state index in [1.165, 1.54) is 33.4 Å². The molecule has 230 valence electrons. The average molecular weight is 608 g/mol. The number of benzene rings is 4. The van der Waals surface area contributed by atoms with Crippen molar-refractivity contribution in [3.63, 3.8) is 0 Å². The summed E-state index contributed by atoms with van der Waals surface area (Å²) in [6, 6.07) is 37.6. The lowest BCUT2D eigenvalue weighted by molar-refractivity contribution is -0.156. The van der Waals surface area contributed by atoms with Crippen molar-refractivity contribution < 1.29 is 14.6 Å². The van der Waals surface area contributed by atoms with E-state index >= 15 is 0 Å². The maximum Gasteiger partial charge on any atom is 0.276 e. The Hall–Kier alpha value is -4.91. The first-order valence-corrected chi connectivity index (χ1v) is 16.1. The van der Waals surface area contributed by atoms with E-state index in [0.29, 0.717) is 18.9 Å². The molecule has 0 bridgehead atoms. The van der Waals surface area contributed by atoms with Gasteiger partial charge in [-0.05, 0) is 63.8 Å². The lowest BCUT2D eigenvalue weighted by Gasteiger charge is -2.53. The first-order valence-electron chi connectivity index (χ1n) is 16.1. The maximum absolute atomic E-state index is 14.6. The van der Waals surface area contributed by atoms with Crippen molar-refractivity contribution in [1.29, 1.82) is 0 Å². The molecule has 6 nitrogen and oxygen atoms in total. The molecule has 4 aromatic carbocycles. The zero-order valence-electron chi connectivity index (χ0n) is 25.9. The van der Waals surface area contributed by atoms with Gasteiger partial charge in [0.15, 0.2) is 11.5 Å². The van der Waals surface area contributed by atoms with Gasteiger partial charge in [-0.3, -0.25) is 9.80 Å². The Kier molecular flexibility index (Phi) is 7.12. The lowest BCUT2D eigenvalue weighted by Crippen LogP contribution is -2.64. The van der Waals surface area contributed by atoms with Crippen LogP contribution in [0.2, 0.25) is 0 Å². The van der Waals surface area contributed by atoms with E-state index in [9.17, 15) is 9.90 Å². The molecule has 4 aromatic rings. The second kappa shape index (κ2) is 11.5. The van der Waals surface area contributed by atoms with Gasteiger partial charge in [-0.1, -0.05) is 122 Å². The van der Waals surface area contributed by atoms with Gasteiger partial charge in [-0.2, -0.15) is 5.01 Å². The van der Waals surface area contributed by atoms with Crippen LogP contribution < -0.4 is 0 Å². The van der Waals surface area contributed by atoms with Gasteiger partial charge in [0.1, 0.15) is 18.2 Å². The number of hydrogen-bond acceptors (Lipinski definition) is 5. The second-order valence-corrected chi connectivity index (χ2v) is 12.6. The van der Waals surface area contributed by atoms with Crippen LogP contribution in [-0.4, -0.2) is 45.2 Å². The SMILES string of the molecule is CC(CCN1CN(C23C(=Cc4ccccc42)Cc2ccccc23)N2C=CC(O)C(OCc3ccccc3)=C2C1=O)c1ccccc1. The lowest BCUT2D eigenvalue weighted by atomic mass is 9.83. The number of carbonyl (C=O) groups excluding carboxylic acids is 1. The molecular weight excluding hydrogens is 570 g/mol. The molecule has 1 N–H and O–H groups in total. The predicted octanol–water partition coefficient (Wildman–Crippen LogP) is 6.71. The van der Waals surface area contributed by atoms with Gasteiger partial charge < -0.3 is 14.7 Å². The fraction of sp³-hybridized carbons (Fsp3) is 0.225. The van der Waals surface area contributed by atoms with Crippen molar-refractivity contribution in [1.82, 2.24) is 14.9 Å². The highest BCUT2D eigenvalue weighted by Gasteiger charge is 2.57. The molecule has 3 unspecified atom stereocenters. The van der Waals surface area contributed by atoms with Crippen molar-refractivity contribution in [3.8, 4) is 0 Å². The smallest absolute Gasteiger partial charge is 0.276 e. The number of carbonyl (C=O) groups is 1. The van der Waals surface area contributed by atoms with Crippen LogP contribution in [0.3, 0.4) is 0 Å². The molecule has 2 aliphatic carbocycles. The summed E-state index contributed by atoms with van der Waals surface area (Å²) in [6.45, 7) is 3.41. The first kappa shape index (κ1) is 28.6. The van der Waals surface area contributed by atoms with Crippen molar-refractivity contribution in [3.05, 3.63) is 172 Å². The molecule has 8 rings (SSSR count). The van der Waals surface area contributed by atoms with Gasteiger partial charge in [-0.25, -0.2) is 0 Å². The maximum atomic E-state index is 14.6. The van der Waals surface area contributed by atoms with E-state index in [1.54, 1.807) is 6.08 Å². The normalized spacial score (nSPS) is 22.3. The highest BCUT2D eigenvalue weighted by molar-refractivity contribution is 5.95. The third kappa shape index (κ3) is 4.51. The minimum absolute atomic E-state index is 0.137. The number of hydrazine groups is 1. The Morgan fingerprint density at radius 3 is 2.39 bits per heavy atom. The molecule has 0 radical (unpaired) electrons. The largest absolute Gasteiger partial charge is 0.488 e. The fourth-order valence-electron chi connectivity index (χ4n) is 7.64. The van der Waals surface area contributed by atoms with E-state index in [2.05, 4.69) is 90.8 Å². The summed E-state index contributed by atoms with van der Waals surface area (Å²) in [6.07, 6.45) is 6.50. The van der Waals surface area contributed by atoms with Crippen LogP contribution in [0.1, 0.15) is 52.6 Å². The van der Waals surface area contributed by atoms with E-state index in [1.807, 2.05) is 52.5 Å². The molecule has 0 saturated carbocycles. The molecule has 3 atom stereocenters. The predicted molar refractivity (Wildman–Crippen MR) is 178 cm³/mol. The standard InChI is InChI=1S/C40H37N3O3/c1-28(30-14-6-3-7-15-30)20-22-41-27-43(40-33(24-31-16-8-10-18-34(31)40)25-32-17-9-11-19-35(32)40)42-23-21-36(44)38(37(42)39(41)45)46-26-29-12-4-2-5-13-29/h2-19,21,23-24,28,36,44H,20,22,25-27H2,1H3. The van der Waals surface area contributed by atoms with E-state index in [0.717, 1.165) is 18.4 Å². The van der Waals surface area contributed by atoms with Gasteiger partial charge in [0, 0.05) is 12.7 Å². The van der Waals surface area contributed by atoms with Crippen LogP contribution in [0.5, 0.6) is 0 Å². The Morgan fingerprint density at radius 2 is 1.59 bits per heavy atom. The number of rotatable bonds is 8. The highest BCUT2D eigenvalue weighted by atomic mass is 16.5. The van der Waals surface area contributed by atoms with Gasteiger partial charge in [0.2, 0.25) is 0 Å². The van der Waals surface area contributed by atoms with Crippen LogP contribution in [0.15, 0.2) is 138 Å². The van der Waals surface area contributed by atoms with Crippen LogP contribution in [0.25, 0.3) is 6.08 Å². The zero-order chi connectivity index (χ0) is 31.3. The van der Waals surface area contributed by atoms with Crippen molar-refractivity contribution in [2.45, 2.75) is 43.9 Å². The Morgan fingerprint density at radius 1 is 0.891 bits per heavy atom. The van der Waals surface area contributed by atoms with Gasteiger partial charge >= 0.3 is 0 Å². The summed E-state index contributed by atoms with van der Waals surface area (Å²) in [4.78, 5) is 16.5. The summed E-state index contributed by atoms with van der Waals surface area (Å²) in [5.74, 6) is 0.414. The number of nitrogens with zero attached hydrogens (tertiary/aromatic N) is 3. The number of aliphatic hydroxyl groups excluding tert-OH is 1.